The SMILES string of the molecule is O=c1c2ccccc2nc(C2CCCN2CCn2cccn2)n1CCO. The first-order valence-corrected chi connectivity index (χ1v) is 9.10. The van der Waals surface area contributed by atoms with E-state index in [4.69, 9.17) is 4.98 Å². The number of aliphatic hydroxyl groups excluding tert-OH is 1. The minimum Gasteiger partial charge on any atom is -0.395 e. The predicted molar refractivity (Wildman–Crippen MR) is 98.9 cm³/mol. The maximum atomic E-state index is 12.9. The lowest BCUT2D eigenvalue weighted by Crippen LogP contribution is -2.34. The Labute approximate surface area is 151 Å². The molecule has 1 saturated heterocycles. The van der Waals surface area contributed by atoms with E-state index in [2.05, 4.69) is 10.00 Å². The summed E-state index contributed by atoms with van der Waals surface area (Å²) in [5.41, 5.74) is 0.652. The second kappa shape index (κ2) is 7.39. The lowest BCUT2D eigenvalue weighted by Gasteiger charge is -2.26. The van der Waals surface area contributed by atoms with Crippen LogP contribution in [0.2, 0.25) is 0 Å². The second-order valence-electron chi connectivity index (χ2n) is 6.63. The van der Waals surface area contributed by atoms with Crippen LogP contribution in [0.25, 0.3) is 10.9 Å². The molecule has 4 rings (SSSR count). The van der Waals surface area contributed by atoms with E-state index in [9.17, 15) is 9.90 Å². The molecule has 0 amide bonds. The van der Waals surface area contributed by atoms with Crippen molar-refractivity contribution in [3.05, 3.63) is 58.9 Å². The Hall–Kier alpha value is -2.51. The van der Waals surface area contributed by atoms with Crippen LogP contribution in [0.4, 0.5) is 0 Å². The van der Waals surface area contributed by atoms with E-state index in [-0.39, 0.29) is 24.8 Å². The molecular formula is C19H23N5O2. The summed E-state index contributed by atoms with van der Waals surface area (Å²) >= 11 is 0. The molecule has 0 saturated carbocycles. The van der Waals surface area contributed by atoms with Crippen molar-refractivity contribution in [1.82, 2.24) is 24.2 Å². The van der Waals surface area contributed by atoms with Gasteiger partial charge in [0.2, 0.25) is 0 Å². The molecule has 1 aliphatic rings. The molecule has 0 radical (unpaired) electrons. The molecule has 1 atom stereocenters. The molecule has 3 heterocycles. The van der Waals surface area contributed by atoms with E-state index in [1.54, 1.807) is 16.8 Å². The summed E-state index contributed by atoms with van der Waals surface area (Å²) in [7, 11) is 0. The summed E-state index contributed by atoms with van der Waals surface area (Å²) in [5, 5.41) is 14.3. The molecule has 0 bridgehead atoms. The lowest BCUT2D eigenvalue weighted by atomic mass is 10.1. The van der Waals surface area contributed by atoms with Crippen molar-refractivity contribution < 1.29 is 5.11 Å². The molecular weight excluding hydrogens is 330 g/mol. The third-order valence-electron chi connectivity index (χ3n) is 5.05. The summed E-state index contributed by atoms with van der Waals surface area (Å²) in [4.78, 5) is 20.1. The number of hydrogen-bond acceptors (Lipinski definition) is 5. The van der Waals surface area contributed by atoms with E-state index in [1.807, 2.05) is 35.1 Å². The molecule has 26 heavy (non-hydrogen) atoms. The highest BCUT2D eigenvalue weighted by Gasteiger charge is 2.30. The summed E-state index contributed by atoms with van der Waals surface area (Å²) in [5.74, 6) is 0.765. The molecule has 2 aromatic heterocycles. The molecule has 1 N–H and O–H groups in total. The van der Waals surface area contributed by atoms with Gasteiger partial charge < -0.3 is 5.11 Å². The quantitative estimate of drug-likeness (QED) is 0.725. The van der Waals surface area contributed by atoms with Crippen LogP contribution in [0, 0.1) is 0 Å². The van der Waals surface area contributed by atoms with Crippen molar-refractivity contribution in [1.29, 1.82) is 0 Å². The molecule has 3 aromatic rings. The maximum absolute atomic E-state index is 12.9. The zero-order chi connectivity index (χ0) is 17.9. The van der Waals surface area contributed by atoms with Crippen molar-refractivity contribution in [3.8, 4) is 0 Å². The predicted octanol–water partition coefficient (Wildman–Crippen LogP) is 1.42. The lowest BCUT2D eigenvalue weighted by molar-refractivity contribution is 0.220. The highest BCUT2D eigenvalue weighted by molar-refractivity contribution is 5.77. The van der Waals surface area contributed by atoms with Gasteiger partial charge in [-0.05, 0) is 37.6 Å². The van der Waals surface area contributed by atoms with Crippen molar-refractivity contribution in [2.75, 3.05) is 19.7 Å². The van der Waals surface area contributed by atoms with Crippen LogP contribution in [0.1, 0.15) is 24.7 Å². The maximum Gasteiger partial charge on any atom is 0.261 e. The van der Waals surface area contributed by atoms with Gasteiger partial charge in [-0.15, -0.1) is 0 Å². The summed E-state index contributed by atoms with van der Waals surface area (Å²) in [6, 6.07) is 9.44. The number of rotatable bonds is 6. The van der Waals surface area contributed by atoms with Crippen LogP contribution in [0.15, 0.2) is 47.5 Å². The average molecular weight is 353 g/mol. The van der Waals surface area contributed by atoms with E-state index in [0.717, 1.165) is 43.8 Å². The Bertz CT molecular complexity index is 935. The monoisotopic (exact) mass is 353 g/mol. The van der Waals surface area contributed by atoms with E-state index >= 15 is 0 Å². The fourth-order valence-corrected chi connectivity index (χ4v) is 3.81. The Kier molecular flexibility index (Phi) is 4.81. The van der Waals surface area contributed by atoms with Crippen LogP contribution >= 0.6 is 0 Å². The minimum absolute atomic E-state index is 0.0708. The topological polar surface area (TPSA) is 76.2 Å². The highest BCUT2D eigenvalue weighted by Crippen LogP contribution is 2.30. The number of nitrogens with zero attached hydrogens (tertiary/aromatic N) is 5. The van der Waals surface area contributed by atoms with Crippen LogP contribution in [-0.2, 0) is 13.1 Å². The van der Waals surface area contributed by atoms with Gasteiger partial charge in [-0.25, -0.2) is 4.98 Å². The fourth-order valence-electron chi connectivity index (χ4n) is 3.81. The third-order valence-corrected chi connectivity index (χ3v) is 5.05. The van der Waals surface area contributed by atoms with Crippen molar-refractivity contribution in [2.45, 2.75) is 32.0 Å². The Balaban J connectivity index is 1.69. The van der Waals surface area contributed by atoms with Gasteiger partial charge in [0.25, 0.3) is 5.56 Å². The van der Waals surface area contributed by atoms with Crippen molar-refractivity contribution in [2.24, 2.45) is 0 Å². The number of fused-ring (bicyclic) bond motifs is 1. The van der Waals surface area contributed by atoms with Gasteiger partial charge >= 0.3 is 0 Å². The first-order valence-electron chi connectivity index (χ1n) is 9.10. The largest absolute Gasteiger partial charge is 0.395 e. The van der Waals surface area contributed by atoms with Gasteiger partial charge in [0, 0.05) is 18.9 Å². The minimum atomic E-state index is -0.0765. The standard InChI is InChI=1S/C19H23N5O2/c25-14-13-24-18(21-16-6-2-1-5-15(16)19(24)26)17-7-3-9-22(17)11-12-23-10-4-8-20-23/h1-2,4-6,8,10,17,25H,3,7,9,11-14H2. The zero-order valence-corrected chi connectivity index (χ0v) is 14.7. The highest BCUT2D eigenvalue weighted by atomic mass is 16.3. The molecule has 0 aliphatic carbocycles. The number of aliphatic hydroxyl groups is 1. The smallest absolute Gasteiger partial charge is 0.261 e. The Morgan fingerprint density at radius 3 is 2.85 bits per heavy atom. The first kappa shape index (κ1) is 16.9. The summed E-state index contributed by atoms with van der Waals surface area (Å²) in [6.07, 6.45) is 5.78. The van der Waals surface area contributed by atoms with Crippen LogP contribution in [0.3, 0.4) is 0 Å². The number of likely N-dealkylation sites (tertiary alicyclic amines) is 1. The van der Waals surface area contributed by atoms with Gasteiger partial charge in [-0.1, -0.05) is 12.1 Å². The van der Waals surface area contributed by atoms with E-state index in [1.165, 1.54) is 0 Å². The van der Waals surface area contributed by atoms with Gasteiger partial charge in [0.15, 0.2) is 0 Å². The van der Waals surface area contributed by atoms with Crippen molar-refractivity contribution >= 4 is 10.9 Å². The fraction of sp³-hybridized carbons (Fsp3) is 0.421. The number of aromatic nitrogens is 4. The number of hydrogen-bond donors (Lipinski definition) is 1. The van der Waals surface area contributed by atoms with Crippen LogP contribution < -0.4 is 5.56 Å². The van der Waals surface area contributed by atoms with Crippen molar-refractivity contribution in [3.63, 3.8) is 0 Å². The molecule has 1 aromatic carbocycles. The number of benzene rings is 1. The van der Waals surface area contributed by atoms with Crippen LogP contribution in [0.5, 0.6) is 0 Å². The van der Waals surface area contributed by atoms with E-state index < -0.39 is 0 Å². The Morgan fingerprint density at radius 1 is 1.15 bits per heavy atom. The van der Waals surface area contributed by atoms with Gasteiger partial charge in [-0.2, -0.15) is 5.10 Å². The van der Waals surface area contributed by atoms with Crippen LogP contribution in [-0.4, -0.2) is 49.0 Å². The molecule has 7 nitrogen and oxygen atoms in total. The molecule has 7 heteroatoms. The summed E-state index contributed by atoms with van der Waals surface area (Å²) in [6.45, 7) is 2.84. The average Bonchev–Trinajstić information content (AvgIpc) is 3.33. The Morgan fingerprint density at radius 2 is 2.04 bits per heavy atom. The second-order valence-corrected chi connectivity index (χ2v) is 6.63. The van der Waals surface area contributed by atoms with Gasteiger partial charge in [-0.3, -0.25) is 18.9 Å². The number of para-hydroxylation sites is 1. The molecule has 1 aliphatic heterocycles. The third kappa shape index (κ3) is 3.15. The zero-order valence-electron chi connectivity index (χ0n) is 14.7. The normalized spacial score (nSPS) is 18.0. The molecule has 1 unspecified atom stereocenters. The molecule has 0 spiro atoms. The first-order chi connectivity index (χ1) is 12.8. The van der Waals surface area contributed by atoms with Gasteiger partial charge in [0.05, 0.1) is 36.6 Å². The van der Waals surface area contributed by atoms with E-state index in [0.29, 0.717) is 5.39 Å². The molecule has 1 fully saturated rings. The summed E-state index contributed by atoms with van der Waals surface area (Å²) < 4.78 is 3.57. The van der Waals surface area contributed by atoms with Gasteiger partial charge in [0.1, 0.15) is 5.82 Å². The molecule has 136 valence electrons.